The molecule has 0 radical (unpaired) electrons. The van der Waals surface area contributed by atoms with Crippen LogP contribution in [0.1, 0.15) is 32.2 Å². The second kappa shape index (κ2) is 7.16. The van der Waals surface area contributed by atoms with E-state index in [-0.39, 0.29) is 11.9 Å². The Kier molecular flexibility index (Phi) is 5.48. The van der Waals surface area contributed by atoms with Gasteiger partial charge in [-0.05, 0) is 31.5 Å². The highest BCUT2D eigenvalue weighted by molar-refractivity contribution is 6.42. The smallest absolute Gasteiger partial charge is 0.220 e. The van der Waals surface area contributed by atoms with Crippen molar-refractivity contribution in [2.24, 2.45) is 0 Å². The molecule has 0 aliphatic rings. The van der Waals surface area contributed by atoms with Gasteiger partial charge in [0.1, 0.15) is 5.82 Å². The average molecular weight is 340 g/mol. The van der Waals surface area contributed by atoms with Crippen LogP contribution in [0.4, 0.5) is 0 Å². The number of hydrogen-bond donors (Lipinski definition) is 0. The van der Waals surface area contributed by atoms with Crippen molar-refractivity contribution in [2.45, 2.75) is 39.9 Å². The summed E-state index contributed by atoms with van der Waals surface area (Å²) in [7, 11) is 0. The standard InChI is InChI=1S/C16H19Cl2N3O/c1-11(2)21(12(3)22)10-16-19-6-7-20(16)9-13-4-5-14(17)15(18)8-13/h4-8,11H,9-10H2,1-3H3. The van der Waals surface area contributed by atoms with E-state index >= 15 is 0 Å². The summed E-state index contributed by atoms with van der Waals surface area (Å²) in [5, 5.41) is 1.08. The highest BCUT2D eigenvalue weighted by Crippen LogP contribution is 2.23. The number of nitrogens with zero attached hydrogens (tertiary/aromatic N) is 3. The number of imidazole rings is 1. The highest BCUT2D eigenvalue weighted by atomic mass is 35.5. The molecule has 0 saturated carbocycles. The van der Waals surface area contributed by atoms with Gasteiger partial charge >= 0.3 is 0 Å². The summed E-state index contributed by atoms with van der Waals surface area (Å²) in [6.07, 6.45) is 3.64. The largest absolute Gasteiger partial charge is 0.333 e. The second-order valence-electron chi connectivity index (χ2n) is 5.46. The van der Waals surface area contributed by atoms with Gasteiger partial charge in [0.05, 0.1) is 16.6 Å². The Hall–Kier alpha value is -1.52. The molecule has 0 spiro atoms. The lowest BCUT2D eigenvalue weighted by atomic mass is 10.2. The molecule has 1 heterocycles. The van der Waals surface area contributed by atoms with Crippen molar-refractivity contribution in [3.8, 4) is 0 Å². The van der Waals surface area contributed by atoms with Crippen LogP contribution in [0.15, 0.2) is 30.6 Å². The lowest BCUT2D eigenvalue weighted by molar-refractivity contribution is -0.131. The van der Waals surface area contributed by atoms with Gasteiger partial charge in [0, 0.05) is 31.9 Å². The van der Waals surface area contributed by atoms with Crippen molar-refractivity contribution in [3.05, 3.63) is 52.0 Å². The number of hydrogen-bond acceptors (Lipinski definition) is 2. The summed E-state index contributed by atoms with van der Waals surface area (Å²) in [5.41, 5.74) is 1.03. The minimum Gasteiger partial charge on any atom is -0.333 e. The molecule has 0 bridgehead atoms. The highest BCUT2D eigenvalue weighted by Gasteiger charge is 2.16. The molecular formula is C16H19Cl2N3O. The zero-order valence-corrected chi connectivity index (χ0v) is 14.4. The van der Waals surface area contributed by atoms with Crippen LogP contribution < -0.4 is 0 Å². The van der Waals surface area contributed by atoms with E-state index in [1.165, 1.54) is 0 Å². The molecule has 1 amide bonds. The molecule has 0 fully saturated rings. The molecule has 22 heavy (non-hydrogen) atoms. The van der Waals surface area contributed by atoms with E-state index in [0.29, 0.717) is 23.1 Å². The molecule has 1 aromatic carbocycles. The van der Waals surface area contributed by atoms with E-state index in [1.807, 2.05) is 36.7 Å². The summed E-state index contributed by atoms with van der Waals surface area (Å²) in [5.74, 6) is 0.883. The van der Waals surface area contributed by atoms with Crippen LogP contribution in [0, 0.1) is 0 Å². The SMILES string of the molecule is CC(=O)N(Cc1nccn1Cc1ccc(Cl)c(Cl)c1)C(C)C. The fraction of sp³-hybridized carbons (Fsp3) is 0.375. The first-order chi connectivity index (χ1) is 10.4. The summed E-state index contributed by atoms with van der Waals surface area (Å²) in [6, 6.07) is 5.70. The molecule has 1 aromatic heterocycles. The quantitative estimate of drug-likeness (QED) is 0.825. The topological polar surface area (TPSA) is 38.1 Å². The zero-order valence-electron chi connectivity index (χ0n) is 12.9. The van der Waals surface area contributed by atoms with Gasteiger partial charge in [-0.1, -0.05) is 29.3 Å². The van der Waals surface area contributed by atoms with Gasteiger partial charge in [-0.15, -0.1) is 0 Å². The van der Waals surface area contributed by atoms with E-state index in [0.717, 1.165) is 11.4 Å². The Morgan fingerprint density at radius 2 is 2.05 bits per heavy atom. The fourth-order valence-electron chi connectivity index (χ4n) is 2.28. The lowest BCUT2D eigenvalue weighted by Gasteiger charge is -2.25. The Balaban J connectivity index is 2.18. The van der Waals surface area contributed by atoms with Crippen LogP contribution in [0.2, 0.25) is 10.0 Å². The van der Waals surface area contributed by atoms with Gasteiger partial charge in [-0.25, -0.2) is 4.98 Å². The van der Waals surface area contributed by atoms with Crippen molar-refractivity contribution >= 4 is 29.1 Å². The van der Waals surface area contributed by atoms with Gasteiger partial charge in [-0.2, -0.15) is 0 Å². The molecule has 0 atom stereocenters. The minimum atomic E-state index is 0.0408. The molecule has 118 valence electrons. The first kappa shape index (κ1) is 16.8. The van der Waals surface area contributed by atoms with Gasteiger partial charge < -0.3 is 9.47 Å². The van der Waals surface area contributed by atoms with E-state index in [9.17, 15) is 4.79 Å². The Labute approximate surface area is 140 Å². The van der Waals surface area contributed by atoms with Gasteiger partial charge in [-0.3, -0.25) is 4.79 Å². The Morgan fingerprint density at radius 3 is 2.64 bits per heavy atom. The van der Waals surface area contributed by atoms with E-state index in [4.69, 9.17) is 23.2 Å². The predicted molar refractivity (Wildman–Crippen MR) is 89.2 cm³/mol. The second-order valence-corrected chi connectivity index (χ2v) is 6.27. The maximum absolute atomic E-state index is 11.7. The van der Waals surface area contributed by atoms with Crippen LogP contribution in [0.3, 0.4) is 0 Å². The molecule has 0 unspecified atom stereocenters. The number of carbonyl (C=O) groups excluding carboxylic acids is 1. The van der Waals surface area contributed by atoms with Crippen molar-refractivity contribution in [1.29, 1.82) is 0 Å². The number of halogens is 2. The van der Waals surface area contributed by atoms with Crippen molar-refractivity contribution in [3.63, 3.8) is 0 Å². The molecule has 4 nitrogen and oxygen atoms in total. The normalized spacial score (nSPS) is 11.0. The van der Waals surface area contributed by atoms with Crippen molar-refractivity contribution in [2.75, 3.05) is 0 Å². The molecule has 2 aromatic rings. The van der Waals surface area contributed by atoms with Gasteiger partial charge in [0.25, 0.3) is 0 Å². The van der Waals surface area contributed by atoms with Crippen LogP contribution in [0.25, 0.3) is 0 Å². The average Bonchev–Trinajstić information content (AvgIpc) is 2.86. The molecule has 0 N–H and O–H groups in total. The third kappa shape index (κ3) is 4.02. The number of carbonyl (C=O) groups is 1. The molecule has 0 aliphatic heterocycles. The number of benzene rings is 1. The number of amides is 1. The number of aromatic nitrogens is 2. The molecule has 0 saturated heterocycles. The van der Waals surface area contributed by atoms with E-state index in [1.54, 1.807) is 24.1 Å². The molecular weight excluding hydrogens is 321 g/mol. The summed E-state index contributed by atoms with van der Waals surface area (Å²) >= 11 is 12.0. The summed E-state index contributed by atoms with van der Waals surface area (Å²) in [6.45, 7) is 6.69. The van der Waals surface area contributed by atoms with Crippen molar-refractivity contribution in [1.82, 2.24) is 14.5 Å². The minimum absolute atomic E-state index is 0.0408. The molecule has 6 heteroatoms. The Bertz CT molecular complexity index is 667. The monoisotopic (exact) mass is 339 g/mol. The van der Waals surface area contributed by atoms with Crippen LogP contribution in [-0.4, -0.2) is 26.4 Å². The molecule has 2 rings (SSSR count). The third-order valence-corrected chi connectivity index (χ3v) is 4.22. The first-order valence-corrected chi connectivity index (χ1v) is 7.85. The maximum atomic E-state index is 11.7. The van der Waals surface area contributed by atoms with E-state index in [2.05, 4.69) is 4.98 Å². The van der Waals surface area contributed by atoms with Crippen LogP contribution >= 0.6 is 23.2 Å². The van der Waals surface area contributed by atoms with Crippen LogP contribution in [0.5, 0.6) is 0 Å². The van der Waals surface area contributed by atoms with Crippen molar-refractivity contribution < 1.29 is 4.79 Å². The maximum Gasteiger partial charge on any atom is 0.220 e. The first-order valence-electron chi connectivity index (χ1n) is 7.09. The van der Waals surface area contributed by atoms with Crippen LogP contribution in [-0.2, 0) is 17.9 Å². The van der Waals surface area contributed by atoms with E-state index < -0.39 is 0 Å². The Morgan fingerprint density at radius 1 is 1.32 bits per heavy atom. The molecule has 0 aliphatic carbocycles. The fourth-order valence-corrected chi connectivity index (χ4v) is 2.60. The lowest BCUT2D eigenvalue weighted by Crippen LogP contribution is -2.35. The zero-order chi connectivity index (χ0) is 16.3. The van der Waals surface area contributed by atoms with Gasteiger partial charge in [0.15, 0.2) is 0 Å². The third-order valence-electron chi connectivity index (χ3n) is 3.48. The number of rotatable bonds is 5. The summed E-state index contributed by atoms with van der Waals surface area (Å²) < 4.78 is 2.01. The predicted octanol–water partition coefficient (Wildman–Crippen LogP) is 4.00. The van der Waals surface area contributed by atoms with Gasteiger partial charge in [0.2, 0.25) is 5.91 Å². The summed E-state index contributed by atoms with van der Waals surface area (Å²) in [4.78, 5) is 17.9.